The fourth-order valence-corrected chi connectivity index (χ4v) is 2.83. The zero-order valence-electron chi connectivity index (χ0n) is 10.3. The topological polar surface area (TPSA) is 29.1 Å². The fourth-order valence-electron chi connectivity index (χ4n) is 1.61. The van der Waals surface area contributed by atoms with Gasteiger partial charge >= 0.3 is 0 Å². The summed E-state index contributed by atoms with van der Waals surface area (Å²) in [6.45, 7) is 4.70. The Kier molecular flexibility index (Phi) is 4.40. The Hall–Kier alpha value is -0.880. The molecule has 1 heterocycles. The fraction of sp³-hybridized carbons (Fsp3) is 0.214. The lowest BCUT2D eigenvalue weighted by molar-refractivity contribution is 0.0951. The molecule has 0 spiro atoms. The van der Waals surface area contributed by atoms with Crippen molar-refractivity contribution in [3.63, 3.8) is 0 Å². The first-order valence-corrected chi connectivity index (χ1v) is 7.60. The summed E-state index contributed by atoms with van der Waals surface area (Å²) in [6.07, 6.45) is 0. The molecule has 4 heteroatoms. The third-order valence-corrected chi connectivity index (χ3v) is 4.74. The highest BCUT2D eigenvalue weighted by atomic mass is 127. The number of amides is 1. The third kappa shape index (κ3) is 3.32. The van der Waals surface area contributed by atoms with Gasteiger partial charge in [0.1, 0.15) is 0 Å². The Morgan fingerprint density at radius 2 is 2.11 bits per heavy atom. The van der Waals surface area contributed by atoms with Gasteiger partial charge in [-0.2, -0.15) is 0 Å². The normalized spacial score (nSPS) is 10.4. The minimum Gasteiger partial charge on any atom is -0.348 e. The monoisotopic (exact) mass is 371 g/mol. The Labute approximate surface area is 125 Å². The first kappa shape index (κ1) is 13.5. The maximum atomic E-state index is 12.0. The number of hydrogen-bond acceptors (Lipinski definition) is 2. The highest BCUT2D eigenvalue weighted by Crippen LogP contribution is 2.15. The molecule has 0 fully saturated rings. The van der Waals surface area contributed by atoms with E-state index >= 15 is 0 Å². The lowest BCUT2D eigenvalue weighted by Crippen LogP contribution is -2.22. The molecule has 1 amide bonds. The highest BCUT2D eigenvalue weighted by molar-refractivity contribution is 14.1. The predicted octanol–water partition coefficient (Wildman–Crippen LogP) is 3.90. The van der Waals surface area contributed by atoms with Crippen LogP contribution in [-0.2, 0) is 6.54 Å². The van der Waals surface area contributed by atoms with Crippen LogP contribution in [-0.4, -0.2) is 5.91 Å². The van der Waals surface area contributed by atoms with Crippen molar-refractivity contribution in [3.8, 4) is 0 Å². The van der Waals surface area contributed by atoms with Crippen LogP contribution in [0.5, 0.6) is 0 Å². The smallest absolute Gasteiger partial charge is 0.251 e. The predicted molar refractivity (Wildman–Crippen MR) is 84.1 cm³/mol. The van der Waals surface area contributed by atoms with Crippen molar-refractivity contribution >= 4 is 39.8 Å². The average Bonchev–Trinajstić information content (AvgIpc) is 2.75. The van der Waals surface area contributed by atoms with E-state index in [1.807, 2.05) is 25.1 Å². The van der Waals surface area contributed by atoms with Crippen LogP contribution in [0.1, 0.15) is 26.4 Å². The van der Waals surface area contributed by atoms with E-state index in [1.165, 1.54) is 10.4 Å². The number of benzene rings is 1. The summed E-state index contributed by atoms with van der Waals surface area (Å²) in [7, 11) is 0. The largest absolute Gasteiger partial charge is 0.348 e. The lowest BCUT2D eigenvalue weighted by Gasteiger charge is -2.05. The summed E-state index contributed by atoms with van der Waals surface area (Å²) in [4.78, 5) is 13.2. The SMILES string of the molecule is Cc1cc(CNC(=O)c2ccc(C)c(I)c2)cs1. The number of thiophene rings is 1. The van der Waals surface area contributed by atoms with Gasteiger partial charge in [-0.15, -0.1) is 11.3 Å². The van der Waals surface area contributed by atoms with E-state index in [4.69, 9.17) is 0 Å². The van der Waals surface area contributed by atoms with Gasteiger partial charge in [-0.05, 0) is 71.1 Å². The molecule has 2 rings (SSSR count). The zero-order valence-corrected chi connectivity index (χ0v) is 13.3. The number of carbonyl (C=O) groups is 1. The number of hydrogen-bond donors (Lipinski definition) is 1. The van der Waals surface area contributed by atoms with E-state index in [2.05, 4.69) is 46.3 Å². The van der Waals surface area contributed by atoms with Gasteiger partial charge in [-0.1, -0.05) is 6.07 Å². The van der Waals surface area contributed by atoms with Gasteiger partial charge in [0.05, 0.1) is 0 Å². The molecule has 1 aromatic carbocycles. The van der Waals surface area contributed by atoms with Crippen LogP contribution in [0.3, 0.4) is 0 Å². The van der Waals surface area contributed by atoms with Crippen LogP contribution in [0, 0.1) is 17.4 Å². The van der Waals surface area contributed by atoms with Gasteiger partial charge in [0.25, 0.3) is 5.91 Å². The van der Waals surface area contributed by atoms with Crippen LogP contribution >= 0.6 is 33.9 Å². The van der Waals surface area contributed by atoms with Crippen molar-refractivity contribution in [2.45, 2.75) is 20.4 Å². The molecule has 0 aliphatic rings. The molecule has 0 aliphatic heterocycles. The summed E-state index contributed by atoms with van der Waals surface area (Å²) >= 11 is 3.95. The van der Waals surface area contributed by atoms with Crippen molar-refractivity contribution in [2.75, 3.05) is 0 Å². The van der Waals surface area contributed by atoms with E-state index in [9.17, 15) is 4.79 Å². The summed E-state index contributed by atoms with van der Waals surface area (Å²) in [5, 5.41) is 5.02. The number of rotatable bonds is 3. The molecule has 18 heavy (non-hydrogen) atoms. The van der Waals surface area contributed by atoms with Crippen molar-refractivity contribution < 1.29 is 4.79 Å². The maximum Gasteiger partial charge on any atom is 0.251 e. The second-order valence-corrected chi connectivity index (χ2v) is 6.49. The Bertz CT molecular complexity index is 577. The van der Waals surface area contributed by atoms with Crippen LogP contribution < -0.4 is 5.32 Å². The molecule has 0 bridgehead atoms. The second kappa shape index (κ2) is 5.84. The molecule has 0 radical (unpaired) electrons. The minimum atomic E-state index is -0.0169. The van der Waals surface area contributed by atoms with Gasteiger partial charge in [-0.3, -0.25) is 4.79 Å². The third-order valence-electron chi connectivity index (χ3n) is 2.67. The maximum absolute atomic E-state index is 12.0. The zero-order chi connectivity index (χ0) is 13.1. The number of carbonyl (C=O) groups excluding carboxylic acids is 1. The molecule has 2 aromatic rings. The second-order valence-electron chi connectivity index (χ2n) is 4.21. The van der Waals surface area contributed by atoms with Crippen LogP contribution in [0.2, 0.25) is 0 Å². The minimum absolute atomic E-state index is 0.0169. The van der Waals surface area contributed by atoms with Gasteiger partial charge in [0, 0.05) is 20.6 Å². The average molecular weight is 371 g/mol. The molecular weight excluding hydrogens is 357 g/mol. The van der Waals surface area contributed by atoms with Crippen molar-refractivity contribution in [2.24, 2.45) is 0 Å². The van der Waals surface area contributed by atoms with E-state index in [-0.39, 0.29) is 5.91 Å². The number of aryl methyl sites for hydroxylation is 2. The van der Waals surface area contributed by atoms with Gasteiger partial charge in [0.2, 0.25) is 0 Å². The molecule has 0 atom stereocenters. The summed E-state index contributed by atoms with van der Waals surface area (Å²) < 4.78 is 1.12. The van der Waals surface area contributed by atoms with E-state index in [1.54, 1.807) is 11.3 Å². The molecule has 0 saturated heterocycles. The van der Waals surface area contributed by atoms with Crippen LogP contribution in [0.25, 0.3) is 0 Å². The Morgan fingerprint density at radius 3 is 2.72 bits per heavy atom. The molecule has 94 valence electrons. The van der Waals surface area contributed by atoms with Crippen LogP contribution in [0.4, 0.5) is 0 Å². The molecule has 1 aromatic heterocycles. The van der Waals surface area contributed by atoms with E-state index in [0.717, 1.165) is 14.7 Å². The van der Waals surface area contributed by atoms with Gasteiger partial charge in [-0.25, -0.2) is 0 Å². The summed E-state index contributed by atoms with van der Waals surface area (Å²) in [6, 6.07) is 7.87. The summed E-state index contributed by atoms with van der Waals surface area (Å²) in [5.74, 6) is -0.0169. The number of halogens is 1. The first-order valence-electron chi connectivity index (χ1n) is 5.64. The van der Waals surface area contributed by atoms with Crippen molar-refractivity contribution in [3.05, 3.63) is 54.8 Å². The van der Waals surface area contributed by atoms with Crippen molar-refractivity contribution in [1.29, 1.82) is 0 Å². The molecule has 1 N–H and O–H groups in total. The van der Waals surface area contributed by atoms with Crippen molar-refractivity contribution in [1.82, 2.24) is 5.32 Å². The molecule has 2 nitrogen and oxygen atoms in total. The molecular formula is C14H14INOS. The van der Waals surface area contributed by atoms with E-state index < -0.39 is 0 Å². The Morgan fingerprint density at radius 1 is 1.33 bits per heavy atom. The first-order chi connectivity index (χ1) is 8.56. The standard InChI is InChI=1S/C14H14INOS/c1-9-3-4-12(6-13(9)15)14(17)16-7-11-5-10(2)18-8-11/h3-6,8H,7H2,1-2H3,(H,16,17). The van der Waals surface area contributed by atoms with E-state index in [0.29, 0.717) is 6.54 Å². The molecule has 0 saturated carbocycles. The summed E-state index contributed by atoms with van der Waals surface area (Å²) in [5.41, 5.74) is 3.07. The van der Waals surface area contributed by atoms with Gasteiger partial charge in [0.15, 0.2) is 0 Å². The van der Waals surface area contributed by atoms with Gasteiger partial charge < -0.3 is 5.32 Å². The van der Waals surface area contributed by atoms with Crippen LogP contribution in [0.15, 0.2) is 29.6 Å². The lowest BCUT2D eigenvalue weighted by atomic mass is 10.1. The Balaban J connectivity index is 2.01. The molecule has 0 aliphatic carbocycles. The number of nitrogens with one attached hydrogen (secondary N) is 1. The quantitative estimate of drug-likeness (QED) is 0.815. The highest BCUT2D eigenvalue weighted by Gasteiger charge is 2.07. The molecule has 0 unspecified atom stereocenters.